The summed E-state index contributed by atoms with van der Waals surface area (Å²) in [6, 6.07) is 10.2. The first-order chi connectivity index (χ1) is 14.8. The van der Waals surface area contributed by atoms with Crippen LogP contribution in [0.2, 0.25) is 0 Å². The van der Waals surface area contributed by atoms with Crippen molar-refractivity contribution in [2.45, 2.75) is 58.5 Å². The average Bonchev–Trinajstić information content (AvgIpc) is 3.09. The topological polar surface area (TPSA) is 108 Å². The Morgan fingerprint density at radius 2 is 1.69 bits per heavy atom. The number of sulfone groups is 1. The van der Waals surface area contributed by atoms with Gasteiger partial charge in [-0.15, -0.1) is 0 Å². The summed E-state index contributed by atoms with van der Waals surface area (Å²) in [6.45, 7) is 12.5. The number of pyridine rings is 1. The molecule has 3 aromatic rings. The molecule has 3 rings (SSSR count). The van der Waals surface area contributed by atoms with Gasteiger partial charge in [0.2, 0.25) is 9.84 Å². The van der Waals surface area contributed by atoms with E-state index in [0.717, 1.165) is 27.9 Å². The van der Waals surface area contributed by atoms with E-state index < -0.39 is 21.4 Å². The van der Waals surface area contributed by atoms with E-state index in [1.165, 1.54) is 18.2 Å². The van der Waals surface area contributed by atoms with Crippen LogP contribution in [-0.2, 0) is 21.8 Å². The molecule has 1 aromatic carbocycles. The Morgan fingerprint density at radius 3 is 2.25 bits per heavy atom. The third kappa shape index (κ3) is 5.07. The fraction of sp³-hybridized carbons (Fsp3) is 0.375. The van der Waals surface area contributed by atoms with E-state index in [-0.39, 0.29) is 22.0 Å². The van der Waals surface area contributed by atoms with Crippen LogP contribution in [0.25, 0.3) is 0 Å². The van der Waals surface area contributed by atoms with Crippen molar-refractivity contribution in [2.75, 3.05) is 11.5 Å². The second-order valence-electron chi connectivity index (χ2n) is 9.28. The predicted octanol–water partition coefficient (Wildman–Crippen LogP) is 3.79. The largest absolute Gasteiger partial charge is 0.384 e. The van der Waals surface area contributed by atoms with Crippen molar-refractivity contribution < 1.29 is 13.2 Å². The number of ketones is 1. The number of Topliss-reactive ketones (excluding diaryl/α,β-unsaturated/α-hetero) is 1. The molecular formula is C24H30N4O3S. The molecule has 0 radical (unpaired) electrons. The number of hydrogen-bond donors (Lipinski definition) is 1. The first kappa shape index (κ1) is 23.7. The summed E-state index contributed by atoms with van der Waals surface area (Å²) in [5, 5.41) is 4.47. The van der Waals surface area contributed by atoms with Crippen molar-refractivity contribution >= 4 is 21.4 Å². The third-order valence-corrected chi connectivity index (χ3v) is 6.87. The van der Waals surface area contributed by atoms with Crippen LogP contribution >= 0.6 is 0 Å². The molecule has 0 fully saturated rings. The highest BCUT2D eigenvalue weighted by Crippen LogP contribution is 2.25. The van der Waals surface area contributed by atoms with Crippen LogP contribution < -0.4 is 5.73 Å². The Balaban J connectivity index is 2.02. The molecule has 2 heterocycles. The first-order valence-corrected chi connectivity index (χ1v) is 12.1. The van der Waals surface area contributed by atoms with Gasteiger partial charge in [0.05, 0.1) is 12.2 Å². The monoisotopic (exact) mass is 454 g/mol. The van der Waals surface area contributed by atoms with E-state index in [4.69, 9.17) is 5.73 Å². The molecule has 0 aliphatic carbocycles. The van der Waals surface area contributed by atoms with Crippen molar-refractivity contribution in [1.82, 2.24) is 14.8 Å². The minimum atomic E-state index is -3.95. The molecule has 2 N–H and O–H groups in total. The van der Waals surface area contributed by atoms with Gasteiger partial charge in [-0.1, -0.05) is 44.5 Å². The lowest BCUT2D eigenvalue weighted by Gasteiger charge is -2.15. The van der Waals surface area contributed by atoms with E-state index in [0.29, 0.717) is 6.54 Å². The summed E-state index contributed by atoms with van der Waals surface area (Å²) >= 11 is 0. The molecule has 0 spiro atoms. The van der Waals surface area contributed by atoms with Crippen LogP contribution in [-0.4, -0.2) is 34.7 Å². The van der Waals surface area contributed by atoms with Gasteiger partial charge in [0, 0.05) is 5.41 Å². The van der Waals surface area contributed by atoms with Gasteiger partial charge < -0.3 is 5.73 Å². The van der Waals surface area contributed by atoms with E-state index in [1.807, 2.05) is 41.5 Å². The zero-order chi connectivity index (χ0) is 23.8. The van der Waals surface area contributed by atoms with Crippen molar-refractivity contribution in [3.8, 4) is 0 Å². The molecule has 0 bridgehead atoms. The fourth-order valence-electron chi connectivity index (χ4n) is 3.66. The van der Waals surface area contributed by atoms with Gasteiger partial charge in [0.25, 0.3) is 0 Å². The molecule has 32 heavy (non-hydrogen) atoms. The lowest BCUT2D eigenvalue weighted by molar-refractivity contribution is 0.101. The zero-order valence-corrected chi connectivity index (χ0v) is 20.2. The highest BCUT2D eigenvalue weighted by Gasteiger charge is 2.28. The Bertz CT molecular complexity index is 1260. The molecule has 0 aliphatic rings. The summed E-state index contributed by atoms with van der Waals surface area (Å²) in [4.78, 5) is 17.1. The van der Waals surface area contributed by atoms with E-state index in [9.17, 15) is 13.2 Å². The average molecular weight is 455 g/mol. The minimum Gasteiger partial charge on any atom is -0.384 e. The number of rotatable bonds is 6. The summed E-state index contributed by atoms with van der Waals surface area (Å²) < 4.78 is 27.3. The normalized spacial score (nSPS) is 12.2. The standard InChI is InChI=1S/C24H30N4O3S/c1-15-10-16(2)18(17(3)11-15)13-28-19(12-21(27-28)24(4,5)6)20(29)14-32(30,31)23-9-7-8-22(25)26-23/h7-12H,13-14H2,1-6H3,(H2,25,26). The number of aryl methyl sites for hydroxylation is 3. The molecule has 0 amide bonds. The number of carbonyl (C=O) groups is 1. The van der Waals surface area contributed by atoms with Crippen molar-refractivity contribution in [3.63, 3.8) is 0 Å². The summed E-state index contributed by atoms with van der Waals surface area (Å²) in [6.07, 6.45) is 0. The molecule has 2 aromatic heterocycles. The molecule has 0 saturated carbocycles. The Morgan fingerprint density at radius 1 is 1.06 bits per heavy atom. The van der Waals surface area contributed by atoms with E-state index >= 15 is 0 Å². The molecule has 8 heteroatoms. The second kappa shape index (κ2) is 8.50. The van der Waals surface area contributed by atoms with Gasteiger partial charge in [-0.3, -0.25) is 9.48 Å². The molecule has 0 saturated heterocycles. The number of nitrogen functional groups attached to an aromatic ring is 1. The minimum absolute atomic E-state index is 0.0870. The van der Waals surface area contributed by atoms with Gasteiger partial charge in [-0.05, 0) is 55.7 Å². The number of aromatic nitrogens is 3. The van der Waals surface area contributed by atoms with Crippen LogP contribution in [0.1, 0.15) is 59.2 Å². The van der Waals surface area contributed by atoms with Crippen molar-refractivity contribution in [2.24, 2.45) is 0 Å². The smallest absolute Gasteiger partial charge is 0.203 e. The second-order valence-corrected chi connectivity index (χ2v) is 11.2. The number of nitrogens with zero attached hydrogens (tertiary/aromatic N) is 3. The van der Waals surface area contributed by atoms with Gasteiger partial charge >= 0.3 is 0 Å². The van der Waals surface area contributed by atoms with Gasteiger partial charge in [-0.25, -0.2) is 13.4 Å². The maximum Gasteiger partial charge on any atom is 0.203 e. The number of benzene rings is 1. The first-order valence-electron chi connectivity index (χ1n) is 10.4. The Labute approximate surface area is 189 Å². The molecule has 0 atom stereocenters. The number of nitrogens with two attached hydrogens (primary N) is 1. The van der Waals surface area contributed by atoms with Gasteiger partial charge in [0.15, 0.2) is 10.8 Å². The molecular weight excluding hydrogens is 424 g/mol. The van der Waals surface area contributed by atoms with Crippen LogP contribution in [0.5, 0.6) is 0 Å². The lowest BCUT2D eigenvalue weighted by atomic mass is 9.92. The summed E-state index contributed by atoms with van der Waals surface area (Å²) in [5.74, 6) is -1.14. The number of anilines is 1. The molecule has 170 valence electrons. The molecule has 0 unspecified atom stereocenters. The van der Waals surface area contributed by atoms with E-state index in [2.05, 4.69) is 22.2 Å². The van der Waals surface area contributed by atoms with Crippen molar-refractivity contribution in [3.05, 3.63) is 70.0 Å². The quantitative estimate of drug-likeness (QED) is 0.568. The van der Waals surface area contributed by atoms with E-state index in [1.54, 1.807) is 10.7 Å². The lowest BCUT2D eigenvalue weighted by Crippen LogP contribution is -2.21. The number of hydrogen-bond acceptors (Lipinski definition) is 6. The maximum atomic E-state index is 13.2. The highest BCUT2D eigenvalue weighted by molar-refractivity contribution is 7.92. The Hall–Kier alpha value is -3.00. The van der Waals surface area contributed by atoms with Crippen LogP contribution in [0.4, 0.5) is 5.82 Å². The van der Waals surface area contributed by atoms with Gasteiger partial charge in [-0.2, -0.15) is 5.10 Å². The van der Waals surface area contributed by atoms with Crippen LogP contribution in [0.3, 0.4) is 0 Å². The summed E-state index contributed by atoms with van der Waals surface area (Å²) in [5.41, 5.74) is 10.7. The van der Waals surface area contributed by atoms with Gasteiger partial charge in [0.1, 0.15) is 17.3 Å². The SMILES string of the molecule is Cc1cc(C)c(Cn2nc(C(C)(C)C)cc2C(=O)CS(=O)(=O)c2cccc(N)n2)c(C)c1. The maximum absolute atomic E-state index is 13.2. The fourth-order valence-corrected chi connectivity index (χ4v) is 4.83. The summed E-state index contributed by atoms with van der Waals surface area (Å²) in [7, 11) is -3.95. The third-order valence-electron chi connectivity index (χ3n) is 5.37. The molecule has 7 nitrogen and oxygen atoms in total. The Kier molecular flexibility index (Phi) is 6.29. The van der Waals surface area contributed by atoms with Crippen molar-refractivity contribution in [1.29, 1.82) is 0 Å². The van der Waals surface area contributed by atoms with Crippen LogP contribution in [0, 0.1) is 20.8 Å². The van der Waals surface area contributed by atoms with Crippen LogP contribution in [0.15, 0.2) is 41.4 Å². The zero-order valence-electron chi connectivity index (χ0n) is 19.4. The highest BCUT2D eigenvalue weighted by atomic mass is 32.2. The predicted molar refractivity (Wildman–Crippen MR) is 126 cm³/mol. The molecule has 0 aliphatic heterocycles. The number of carbonyl (C=O) groups excluding carboxylic acids is 1.